The minimum Gasteiger partial charge on any atom is -0.345 e. The second kappa shape index (κ2) is 5.04. The minimum atomic E-state index is -0.815. The van der Waals surface area contributed by atoms with Crippen molar-refractivity contribution in [3.05, 3.63) is 35.4 Å². The van der Waals surface area contributed by atoms with Crippen molar-refractivity contribution >= 4 is 6.41 Å². The van der Waals surface area contributed by atoms with E-state index >= 15 is 0 Å². The Kier molecular flexibility index (Phi) is 3.64. The molecule has 1 heterocycles. The molecule has 1 aromatic carbocycles. The molecule has 4 heteroatoms. The van der Waals surface area contributed by atoms with Crippen LogP contribution in [0.1, 0.15) is 25.3 Å². The quantitative estimate of drug-likeness (QED) is 0.742. The number of halogens is 2. The summed E-state index contributed by atoms with van der Waals surface area (Å²) in [5, 5.41) is 0. The molecule has 2 rings (SSSR count). The number of hydrogen-bond donors (Lipinski definition) is 0. The number of hydrogen-bond acceptors (Lipinski definition) is 1. The number of rotatable bonds is 2. The smallest absolute Gasteiger partial charge is 0.209 e. The molecule has 0 bridgehead atoms. The summed E-state index contributed by atoms with van der Waals surface area (Å²) in [6.45, 7) is 5.41. The first-order chi connectivity index (χ1) is 8.52. The van der Waals surface area contributed by atoms with Gasteiger partial charge in [0, 0.05) is 13.1 Å². The van der Waals surface area contributed by atoms with Crippen molar-refractivity contribution in [3.63, 3.8) is 0 Å². The van der Waals surface area contributed by atoms with Crippen LogP contribution in [0.3, 0.4) is 0 Å². The van der Waals surface area contributed by atoms with Gasteiger partial charge in [0.05, 0.1) is 0 Å². The van der Waals surface area contributed by atoms with Gasteiger partial charge in [0.25, 0.3) is 0 Å². The lowest BCUT2D eigenvalue weighted by Gasteiger charge is -2.40. The minimum absolute atomic E-state index is 0.163. The first-order valence-corrected chi connectivity index (χ1v) is 6.17. The van der Waals surface area contributed by atoms with Crippen LogP contribution in [0.25, 0.3) is 0 Å². The first-order valence-electron chi connectivity index (χ1n) is 6.17. The highest BCUT2D eigenvalue weighted by atomic mass is 19.2. The number of amides is 1. The Balaban J connectivity index is 2.26. The Bertz CT molecular complexity index is 437. The molecule has 1 aliphatic heterocycles. The van der Waals surface area contributed by atoms with Gasteiger partial charge in [-0.05, 0) is 35.4 Å². The number of benzene rings is 1. The van der Waals surface area contributed by atoms with Crippen molar-refractivity contribution < 1.29 is 13.6 Å². The van der Waals surface area contributed by atoms with E-state index in [1.807, 2.05) is 13.8 Å². The van der Waals surface area contributed by atoms with Crippen LogP contribution in [0.4, 0.5) is 8.78 Å². The number of likely N-dealkylation sites (tertiary alicyclic amines) is 1. The third kappa shape index (κ3) is 2.37. The van der Waals surface area contributed by atoms with Gasteiger partial charge in [0.2, 0.25) is 6.41 Å². The average molecular weight is 253 g/mol. The summed E-state index contributed by atoms with van der Waals surface area (Å²) in [5.41, 5.74) is 0.819. The highest BCUT2D eigenvalue weighted by molar-refractivity contribution is 5.47. The van der Waals surface area contributed by atoms with Gasteiger partial charge in [-0.15, -0.1) is 0 Å². The van der Waals surface area contributed by atoms with Crippen LogP contribution in [-0.4, -0.2) is 24.4 Å². The molecule has 1 amide bonds. The highest BCUT2D eigenvalue weighted by Crippen LogP contribution is 2.36. The van der Waals surface area contributed by atoms with Crippen LogP contribution in [-0.2, 0) is 4.79 Å². The zero-order chi connectivity index (χ0) is 13.3. The molecule has 0 aliphatic carbocycles. The maximum absolute atomic E-state index is 13.3. The van der Waals surface area contributed by atoms with Gasteiger partial charge in [0.1, 0.15) is 0 Å². The van der Waals surface area contributed by atoms with Gasteiger partial charge in [-0.25, -0.2) is 8.78 Å². The van der Waals surface area contributed by atoms with Gasteiger partial charge in [-0.1, -0.05) is 19.9 Å². The topological polar surface area (TPSA) is 20.3 Å². The molecule has 2 nitrogen and oxygen atoms in total. The predicted octanol–water partition coefficient (Wildman–Crippen LogP) is 2.79. The molecule has 1 fully saturated rings. The van der Waals surface area contributed by atoms with Crippen molar-refractivity contribution in [2.24, 2.45) is 11.8 Å². The van der Waals surface area contributed by atoms with Crippen LogP contribution < -0.4 is 0 Å². The lowest BCUT2D eigenvalue weighted by Crippen LogP contribution is -2.42. The third-order valence-corrected chi connectivity index (χ3v) is 3.75. The van der Waals surface area contributed by atoms with Crippen molar-refractivity contribution in [2.75, 3.05) is 13.1 Å². The van der Waals surface area contributed by atoms with Gasteiger partial charge >= 0.3 is 0 Å². The first kappa shape index (κ1) is 13.0. The second-order valence-corrected chi connectivity index (χ2v) is 5.21. The average Bonchev–Trinajstić information content (AvgIpc) is 2.32. The van der Waals surface area contributed by atoms with Crippen molar-refractivity contribution in [1.82, 2.24) is 4.90 Å². The van der Waals surface area contributed by atoms with Crippen molar-refractivity contribution in [3.8, 4) is 0 Å². The van der Waals surface area contributed by atoms with Crippen LogP contribution >= 0.6 is 0 Å². The summed E-state index contributed by atoms with van der Waals surface area (Å²) >= 11 is 0. The second-order valence-electron chi connectivity index (χ2n) is 5.21. The molecular weight excluding hydrogens is 236 g/mol. The maximum Gasteiger partial charge on any atom is 0.209 e. The number of carbonyl (C=O) groups excluding carboxylic acids is 1. The fourth-order valence-electron chi connectivity index (χ4n) is 3.07. The molecule has 1 saturated heterocycles. The lowest BCUT2D eigenvalue weighted by atomic mass is 9.75. The summed E-state index contributed by atoms with van der Waals surface area (Å²) in [5.74, 6) is -0.974. The van der Waals surface area contributed by atoms with Crippen LogP contribution in [0.5, 0.6) is 0 Å². The van der Waals surface area contributed by atoms with Crippen molar-refractivity contribution in [1.29, 1.82) is 0 Å². The van der Waals surface area contributed by atoms with Crippen LogP contribution in [0, 0.1) is 23.5 Å². The molecule has 0 saturated carbocycles. The standard InChI is InChI=1S/C14H17F2NO/c1-9-6-17(8-18)7-10(2)14(9)11-3-4-12(15)13(16)5-11/h3-5,8-10,14H,6-7H2,1-2H3/t9-,10+,14?. The van der Waals surface area contributed by atoms with Crippen molar-refractivity contribution in [2.45, 2.75) is 19.8 Å². The Hall–Kier alpha value is -1.45. The molecule has 0 radical (unpaired) electrons. The van der Waals surface area contributed by atoms with Gasteiger partial charge in [-0.3, -0.25) is 4.79 Å². The Morgan fingerprint density at radius 2 is 1.78 bits per heavy atom. The molecule has 18 heavy (non-hydrogen) atoms. The lowest BCUT2D eigenvalue weighted by molar-refractivity contribution is -0.120. The fraction of sp³-hybridized carbons (Fsp3) is 0.500. The monoisotopic (exact) mass is 253 g/mol. The SMILES string of the molecule is C[C@@H]1CN(C=O)C[C@H](C)C1c1ccc(F)c(F)c1. The van der Waals surface area contributed by atoms with Gasteiger partial charge in [-0.2, -0.15) is 0 Å². The summed E-state index contributed by atoms with van der Waals surface area (Å²) in [6, 6.07) is 4.10. The van der Waals surface area contributed by atoms with Crippen LogP contribution in [0.2, 0.25) is 0 Å². The molecule has 0 aromatic heterocycles. The molecule has 1 aliphatic rings. The fourth-order valence-corrected chi connectivity index (χ4v) is 3.07. The van der Waals surface area contributed by atoms with E-state index in [0.29, 0.717) is 13.1 Å². The molecule has 0 spiro atoms. The van der Waals surface area contributed by atoms with E-state index in [9.17, 15) is 13.6 Å². The molecule has 3 atom stereocenters. The zero-order valence-corrected chi connectivity index (χ0v) is 10.6. The normalized spacial score (nSPS) is 28.2. The van der Waals surface area contributed by atoms with E-state index in [2.05, 4.69) is 0 Å². The molecule has 1 aromatic rings. The van der Waals surface area contributed by atoms with E-state index in [1.165, 1.54) is 12.1 Å². The third-order valence-electron chi connectivity index (χ3n) is 3.75. The number of piperidine rings is 1. The van der Waals surface area contributed by atoms with E-state index in [-0.39, 0.29) is 17.8 Å². The summed E-state index contributed by atoms with van der Waals surface area (Å²) < 4.78 is 26.2. The summed E-state index contributed by atoms with van der Waals surface area (Å²) in [7, 11) is 0. The molecule has 0 N–H and O–H groups in total. The van der Waals surface area contributed by atoms with E-state index < -0.39 is 11.6 Å². The van der Waals surface area contributed by atoms with Gasteiger partial charge < -0.3 is 4.90 Å². The molecule has 98 valence electrons. The highest BCUT2D eigenvalue weighted by Gasteiger charge is 2.32. The Morgan fingerprint density at radius 3 is 2.28 bits per heavy atom. The predicted molar refractivity (Wildman–Crippen MR) is 65.1 cm³/mol. The summed E-state index contributed by atoms with van der Waals surface area (Å²) in [6.07, 6.45) is 0.856. The Labute approximate surface area is 106 Å². The van der Waals surface area contributed by atoms with Gasteiger partial charge in [0.15, 0.2) is 11.6 Å². The van der Waals surface area contributed by atoms with E-state index in [1.54, 1.807) is 11.0 Å². The van der Waals surface area contributed by atoms with E-state index in [4.69, 9.17) is 0 Å². The Morgan fingerprint density at radius 1 is 1.17 bits per heavy atom. The maximum atomic E-state index is 13.3. The number of nitrogens with zero attached hydrogens (tertiary/aromatic N) is 1. The largest absolute Gasteiger partial charge is 0.345 e. The molecule has 1 unspecified atom stereocenters. The molecular formula is C14H17F2NO. The summed E-state index contributed by atoms with van der Waals surface area (Å²) in [4.78, 5) is 12.6. The zero-order valence-electron chi connectivity index (χ0n) is 10.6. The van der Waals surface area contributed by atoms with E-state index in [0.717, 1.165) is 12.0 Å². The number of carbonyl (C=O) groups is 1. The van der Waals surface area contributed by atoms with Crippen LogP contribution in [0.15, 0.2) is 18.2 Å².